The molecule has 0 radical (unpaired) electrons. The van der Waals surface area contributed by atoms with Crippen LogP contribution in [0, 0.1) is 5.82 Å². The molecule has 0 bridgehead atoms. The first-order chi connectivity index (χ1) is 9.02. The molecule has 0 aliphatic heterocycles. The SMILES string of the molecule is COc1ccc(CCN(C)C/C=C/C(=O)O)cc1F. The van der Waals surface area contributed by atoms with Gasteiger partial charge in [0.15, 0.2) is 11.6 Å². The van der Waals surface area contributed by atoms with Crippen LogP contribution in [0.1, 0.15) is 5.56 Å². The maximum Gasteiger partial charge on any atom is 0.328 e. The molecule has 0 saturated carbocycles. The smallest absolute Gasteiger partial charge is 0.328 e. The molecule has 1 N–H and O–H groups in total. The van der Waals surface area contributed by atoms with Gasteiger partial charge in [-0.2, -0.15) is 0 Å². The van der Waals surface area contributed by atoms with Gasteiger partial charge >= 0.3 is 5.97 Å². The predicted molar refractivity (Wildman–Crippen MR) is 70.9 cm³/mol. The highest BCUT2D eigenvalue weighted by Gasteiger charge is 2.04. The summed E-state index contributed by atoms with van der Waals surface area (Å²) in [6.45, 7) is 1.26. The number of carbonyl (C=O) groups is 1. The Balaban J connectivity index is 2.43. The first kappa shape index (κ1) is 15.2. The molecule has 0 saturated heterocycles. The fourth-order valence-corrected chi connectivity index (χ4v) is 1.61. The third-order valence-corrected chi connectivity index (χ3v) is 2.68. The molecule has 0 spiro atoms. The maximum atomic E-state index is 13.5. The lowest BCUT2D eigenvalue weighted by atomic mass is 10.1. The number of likely N-dealkylation sites (N-methyl/N-ethyl adjacent to an activating group) is 1. The number of nitrogens with zero attached hydrogens (tertiary/aromatic N) is 1. The average molecular weight is 267 g/mol. The lowest BCUT2D eigenvalue weighted by molar-refractivity contribution is -0.131. The third-order valence-electron chi connectivity index (χ3n) is 2.68. The van der Waals surface area contributed by atoms with E-state index in [4.69, 9.17) is 9.84 Å². The van der Waals surface area contributed by atoms with Gasteiger partial charge in [-0.25, -0.2) is 9.18 Å². The Kier molecular flexibility index (Phi) is 6.02. The minimum absolute atomic E-state index is 0.237. The van der Waals surface area contributed by atoms with Crippen molar-refractivity contribution in [2.45, 2.75) is 6.42 Å². The van der Waals surface area contributed by atoms with Crippen molar-refractivity contribution in [3.8, 4) is 5.75 Å². The average Bonchev–Trinajstić information content (AvgIpc) is 2.36. The third kappa shape index (κ3) is 5.52. The van der Waals surface area contributed by atoms with Gasteiger partial charge in [-0.05, 0) is 31.2 Å². The van der Waals surface area contributed by atoms with Crippen LogP contribution < -0.4 is 4.74 Å². The summed E-state index contributed by atoms with van der Waals surface area (Å²) in [5, 5.41) is 8.46. The topological polar surface area (TPSA) is 49.8 Å². The Hall–Kier alpha value is -1.88. The van der Waals surface area contributed by atoms with Crippen LogP contribution in [0.5, 0.6) is 5.75 Å². The lowest BCUT2D eigenvalue weighted by Gasteiger charge is -2.14. The summed E-state index contributed by atoms with van der Waals surface area (Å²) in [5.41, 5.74) is 0.882. The van der Waals surface area contributed by atoms with Crippen molar-refractivity contribution in [3.63, 3.8) is 0 Å². The van der Waals surface area contributed by atoms with Gasteiger partial charge in [0.25, 0.3) is 0 Å². The molecular weight excluding hydrogens is 249 g/mol. The van der Waals surface area contributed by atoms with E-state index in [9.17, 15) is 9.18 Å². The monoisotopic (exact) mass is 267 g/mol. The van der Waals surface area contributed by atoms with Crippen LogP contribution in [0.4, 0.5) is 4.39 Å². The summed E-state index contributed by atoms with van der Waals surface area (Å²) in [6, 6.07) is 4.89. The van der Waals surface area contributed by atoms with Crippen molar-refractivity contribution < 1.29 is 19.0 Å². The van der Waals surface area contributed by atoms with Crippen LogP contribution in [0.25, 0.3) is 0 Å². The highest BCUT2D eigenvalue weighted by Crippen LogP contribution is 2.17. The number of benzene rings is 1. The van der Waals surface area contributed by atoms with Gasteiger partial charge in [-0.3, -0.25) is 0 Å². The molecule has 19 heavy (non-hydrogen) atoms. The van der Waals surface area contributed by atoms with E-state index in [2.05, 4.69) is 0 Å². The highest BCUT2D eigenvalue weighted by atomic mass is 19.1. The van der Waals surface area contributed by atoms with Crippen LogP contribution in [-0.4, -0.2) is 43.2 Å². The number of aliphatic carboxylic acids is 1. The number of hydrogen-bond acceptors (Lipinski definition) is 3. The van der Waals surface area contributed by atoms with E-state index in [0.29, 0.717) is 13.0 Å². The van der Waals surface area contributed by atoms with Gasteiger partial charge in [0, 0.05) is 19.2 Å². The van der Waals surface area contributed by atoms with Gasteiger partial charge < -0.3 is 14.7 Å². The molecule has 1 aromatic rings. The fraction of sp³-hybridized carbons (Fsp3) is 0.357. The van der Waals surface area contributed by atoms with E-state index >= 15 is 0 Å². The zero-order valence-electron chi connectivity index (χ0n) is 11.1. The molecule has 1 aromatic carbocycles. The quantitative estimate of drug-likeness (QED) is 0.767. The highest BCUT2D eigenvalue weighted by molar-refractivity contribution is 5.79. The molecule has 5 heteroatoms. The van der Waals surface area contributed by atoms with E-state index in [1.54, 1.807) is 12.1 Å². The summed E-state index contributed by atoms with van der Waals surface area (Å²) in [7, 11) is 3.31. The molecule has 0 aliphatic rings. The first-order valence-electron chi connectivity index (χ1n) is 5.93. The molecule has 0 amide bonds. The van der Waals surface area contributed by atoms with E-state index in [0.717, 1.165) is 18.2 Å². The molecule has 0 aromatic heterocycles. The Bertz CT molecular complexity index is 460. The van der Waals surface area contributed by atoms with Gasteiger partial charge in [-0.15, -0.1) is 0 Å². The molecule has 0 heterocycles. The maximum absolute atomic E-state index is 13.5. The summed E-state index contributed by atoms with van der Waals surface area (Å²) >= 11 is 0. The number of methoxy groups -OCH3 is 1. The van der Waals surface area contributed by atoms with Crippen LogP contribution in [-0.2, 0) is 11.2 Å². The summed E-state index contributed by atoms with van der Waals surface area (Å²) in [4.78, 5) is 12.3. The van der Waals surface area contributed by atoms with Crippen molar-refractivity contribution >= 4 is 5.97 Å². The van der Waals surface area contributed by atoms with Gasteiger partial charge in [0.1, 0.15) is 0 Å². The second-order valence-corrected chi connectivity index (χ2v) is 4.22. The van der Waals surface area contributed by atoms with E-state index < -0.39 is 5.97 Å². The molecule has 1 rings (SSSR count). The zero-order valence-corrected chi connectivity index (χ0v) is 11.1. The number of rotatable bonds is 7. The lowest BCUT2D eigenvalue weighted by Crippen LogP contribution is -2.21. The minimum atomic E-state index is -0.953. The van der Waals surface area contributed by atoms with Crippen molar-refractivity contribution in [2.24, 2.45) is 0 Å². The van der Waals surface area contributed by atoms with Crippen LogP contribution in [0.3, 0.4) is 0 Å². The second kappa shape index (κ2) is 7.53. The summed E-state index contributed by atoms with van der Waals surface area (Å²) < 4.78 is 18.3. The zero-order chi connectivity index (χ0) is 14.3. The Morgan fingerprint density at radius 1 is 1.53 bits per heavy atom. The largest absolute Gasteiger partial charge is 0.494 e. The predicted octanol–water partition coefficient (Wildman–Crippen LogP) is 1.95. The van der Waals surface area contributed by atoms with Gasteiger partial charge in [0.05, 0.1) is 7.11 Å². The Labute approximate surface area is 112 Å². The van der Waals surface area contributed by atoms with E-state index in [1.807, 2.05) is 18.0 Å². The Morgan fingerprint density at radius 3 is 2.84 bits per heavy atom. The molecule has 0 fully saturated rings. The van der Waals surface area contributed by atoms with Crippen molar-refractivity contribution in [1.82, 2.24) is 4.90 Å². The van der Waals surface area contributed by atoms with E-state index in [-0.39, 0.29) is 11.6 Å². The normalized spacial score (nSPS) is 11.2. The number of hydrogen-bond donors (Lipinski definition) is 1. The van der Waals surface area contributed by atoms with Gasteiger partial charge in [0.2, 0.25) is 0 Å². The number of carboxylic acid groups (broad SMARTS) is 1. The number of ether oxygens (including phenoxy) is 1. The molecule has 0 unspecified atom stereocenters. The van der Waals surface area contributed by atoms with E-state index in [1.165, 1.54) is 13.2 Å². The van der Waals surface area contributed by atoms with Gasteiger partial charge in [-0.1, -0.05) is 12.1 Å². The number of halogens is 1. The number of carboxylic acids is 1. The van der Waals surface area contributed by atoms with Crippen LogP contribution >= 0.6 is 0 Å². The summed E-state index contributed by atoms with van der Waals surface area (Å²) in [5.74, 6) is -1.08. The Morgan fingerprint density at radius 2 is 2.26 bits per heavy atom. The van der Waals surface area contributed by atoms with Crippen molar-refractivity contribution in [2.75, 3.05) is 27.2 Å². The van der Waals surface area contributed by atoms with Crippen molar-refractivity contribution in [1.29, 1.82) is 0 Å². The second-order valence-electron chi connectivity index (χ2n) is 4.22. The van der Waals surface area contributed by atoms with Crippen LogP contribution in [0.2, 0.25) is 0 Å². The molecular formula is C14H18FNO3. The molecule has 104 valence electrons. The van der Waals surface area contributed by atoms with Crippen LogP contribution in [0.15, 0.2) is 30.4 Å². The molecule has 0 aliphatic carbocycles. The fourth-order valence-electron chi connectivity index (χ4n) is 1.61. The molecule has 4 nitrogen and oxygen atoms in total. The van der Waals surface area contributed by atoms with Crippen molar-refractivity contribution in [3.05, 3.63) is 41.7 Å². The summed E-state index contributed by atoms with van der Waals surface area (Å²) in [6.07, 6.45) is 3.39. The first-order valence-corrected chi connectivity index (χ1v) is 5.93. The molecule has 0 atom stereocenters. The minimum Gasteiger partial charge on any atom is -0.494 e. The standard InChI is InChI=1S/C14H18FNO3/c1-16(8-3-4-14(17)18)9-7-11-5-6-13(19-2)12(15)10-11/h3-6,10H,7-9H2,1-2H3,(H,17,18)/b4-3+.